The molecule has 0 unspecified atom stereocenters. The molecule has 0 bridgehead atoms. The van der Waals surface area contributed by atoms with Crippen LogP contribution in [-0.4, -0.2) is 27.8 Å². The lowest BCUT2D eigenvalue weighted by molar-refractivity contribution is 0.0500. The third-order valence-corrected chi connectivity index (χ3v) is 2.12. The molecule has 0 fully saturated rings. The third-order valence-electron chi connectivity index (χ3n) is 2.12. The number of alkyl carbamates (subject to hydrolysis) is 1. The number of hydrogen-bond acceptors (Lipinski definition) is 5. The van der Waals surface area contributed by atoms with Crippen LogP contribution in [0.1, 0.15) is 55.9 Å². The van der Waals surface area contributed by atoms with Gasteiger partial charge < -0.3 is 19.6 Å². The molecule has 1 aromatic heterocycles. The van der Waals surface area contributed by atoms with E-state index in [4.69, 9.17) is 14.3 Å². The highest BCUT2D eigenvalue weighted by atomic mass is 16.6. The van der Waals surface area contributed by atoms with Crippen LogP contribution in [0.2, 0.25) is 0 Å². The smallest absolute Gasteiger partial charge is 0.408 e. The van der Waals surface area contributed by atoms with Gasteiger partial charge >= 0.3 is 12.1 Å². The zero-order valence-corrected chi connectivity index (χ0v) is 11.6. The van der Waals surface area contributed by atoms with E-state index in [0.29, 0.717) is 0 Å². The van der Waals surface area contributed by atoms with E-state index in [2.05, 4.69) is 10.3 Å². The van der Waals surface area contributed by atoms with E-state index >= 15 is 0 Å². The van der Waals surface area contributed by atoms with Crippen molar-refractivity contribution in [2.24, 2.45) is 0 Å². The molecule has 0 spiro atoms. The molecule has 0 radical (unpaired) electrons. The number of rotatable bonds is 3. The van der Waals surface area contributed by atoms with E-state index in [9.17, 15) is 9.59 Å². The summed E-state index contributed by atoms with van der Waals surface area (Å²) in [6.07, 6.45) is -0.618. The van der Waals surface area contributed by atoms with Crippen LogP contribution in [-0.2, 0) is 4.74 Å². The molecule has 1 heterocycles. The van der Waals surface area contributed by atoms with Gasteiger partial charge in [0.1, 0.15) is 17.4 Å². The lowest BCUT2D eigenvalue weighted by Crippen LogP contribution is -2.34. The van der Waals surface area contributed by atoms with Gasteiger partial charge in [-0.3, -0.25) is 0 Å². The number of oxazole rings is 1. The first-order chi connectivity index (χ1) is 8.60. The number of ether oxygens (including phenoxy) is 1. The molecule has 1 aromatic rings. The van der Waals surface area contributed by atoms with Gasteiger partial charge in [0.15, 0.2) is 5.69 Å². The fourth-order valence-electron chi connectivity index (χ4n) is 1.35. The summed E-state index contributed by atoms with van der Waals surface area (Å²) in [5.74, 6) is -0.849. The second-order valence-corrected chi connectivity index (χ2v) is 5.13. The lowest BCUT2D eigenvalue weighted by Gasteiger charge is -2.20. The molecule has 0 aliphatic rings. The van der Waals surface area contributed by atoms with Crippen molar-refractivity contribution in [2.45, 2.75) is 46.3 Å². The summed E-state index contributed by atoms with van der Waals surface area (Å²) in [5.41, 5.74) is -0.768. The Morgan fingerprint density at radius 1 is 1.42 bits per heavy atom. The number of carbonyl (C=O) groups is 2. The predicted molar refractivity (Wildman–Crippen MR) is 66.0 cm³/mol. The lowest BCUT2D eigenvalue weighted by atomic mass is 10.2. The molecule has 19 heavy (non-hydrogen) atoms. The van der Waals surface area contributed by atoms with Crippen LogP contribution in [0.25, 0.3) is 0 Å². The van der Waals surface area contributed by atoms with Gasteiger partial charge in [0.2, 0.25) is 5.89 Å². The van der Waals surface area contributed by atoms with Crippen molar-refractivity contribution < 1.29 is 23.8 Å². The van der Waals surface area contributed by atoms with Crippen LogP contribution in [0.15, 0.2) is 4.42 Å². The summed E-state index contributed by atoms with van der Waals surface area (Å²) in [4.78, 5) is 26.2. The molecule has 0 aliphatic carbocycles. The largest absolute Gasteiger partial charge is 0.476 e. The maximum absolute atomic E-state index is 11.5. The Morgan fingerprint density at radius 2 is 2.00 bits per heavy atom. The molecule has 1 atom stereocenters. The SMILES string of the molecule is Cc1oc([C@@H](C)NC(=O)OC(C)(C)C)nc1C(=O)O. The Bertz CT molecular complexity index is 487. The highest BCUT2D eigenvalue weighted by Crippen LogP contribution is 2.17. The van der Waals surface area contributed by atoms with Gasteiger partial charge in [-0.2, -0.15) is 0 Å². The molecule has 0 saturated heterocycles. The fourth-order valence-corrected chi connectivity index (χ4v) is 1.35. The molecule has 106 valence electrons. The van der Waals surface area contributed by atoms with Gasteiger partial charge in [0.25, 0.3) is 0 Å². The molecule has 7 nitrogen and oxygen atoms in total. The number of nitrogens with zero attached hydrogens (tertiary/aromatic N) is 1. The van der Waals surface area contributed by atoms with Crippen LogP contribution >= 0.6 is 0 Å². The maximum atomic E-state index is 11.5. The first kappa shape index (κ1) is 15.0. The number of carboxylic acids is 1. The number of carbonyl (C=O) groups excluding carboxylic acids is 1. The normalized spacial score (nSPS) is 12.9. The van der Waals surface area contributed by atoms with E-state index in [1.54, 1.807) is 27.7 Å². The Balaban J connectivity index is 2.73. The van der Waals surface area contributed by atoms with Crippen LogP contribution < -0.4 is 5.32 Å². The Morgan fingerprint density at radius 3 is 2.42 bits per heavy atom. The Hall–Kier alpha value is -2.05. The van der Waals surface area contributed by atoms with Gasteiger partial charge in [-0.15, -0.1) is 0 Å². The van der Waals surface area contributed by atoms with Crippen molar-refractivity contribution in [1.82, 2.24) is 10.3 Å². The molecule has 1 rings (SSSR count). The number of amides is 1. The van der Waals surface area contributed by atoms with Crippen molar-refractivity contribution in [3.8, 4) is 0 Å². The van der Waals surface area contributed by atoms with Crippen molar-refractivity contribution >= 4 is 12.1 Å². The van der Waals surface area contributed by atoms with Gasteiger partial charge in [-0.05, 0) is 34.6 Å². The molecule has 0 saturated carbocycles. The van der Waals surface area contributed by atoms with Crippen LogP contribution in [0, 0.1) is 6.92 Å². The van der Waals surface area contributed by atoms with Crippen LogP contribution in [0.5, 0.6) is 0 Å². The molecule has 0 aliphatic heterocycles. The minimum Gasteiger partial charge on any atom is -0.476 e. The fraction of sp³-hybridized carbons (Fsp3) is 0.583. The number of aromatic carboxylic acids is 1. The second-order valence-electron chi connectivity index (χ2n) is 5.13. The van der Waals surface area contributed by atoms with Crippen molar-refractivity contribution in [1.29, 1.82) is 0 Å². The summed E-state index contributed by atoms with van der Waals surface area (Å²) in [6, 6.07) is -0.582. The summed E-state index contributed by atoms with van der Waals surface area (Å²) in [7, 11) is 0. The van der Waals surface area contributed by atoms with E-state index in [-0.39, 0.29) is 17.3 Å². The van der Waals surface area contributed by atoms with E-state index in [0.717, 1.165) is 0 Å². The van der Waals surface area contributed by atoms with Crippen LogP contribution in [0.4, 0.5) is 4.79 Å². The zero-order chi connectivity index (χ0) is 14.8. The van der Waals surface area contributed by atoms with Crippen molar-refractivity contribution in [2.75, 3.05) is 0 Å². The molecular formula is C12H18N2O5. The quantitative estimate of drug-likeness (QED) is 0.873. The average molecular weight is 270 g/mol. The highest BCUT2D eigenvalue weighted by Gasteiger charge is 2.23. The molecule has 1 amide bonds. The monoisotopic (exact) mass is 270 g/mol. The third kappa shape index (κ3) is 4.27. The number of nitrogens with one attached hydrogen (secondary N) is 1. The predicted octanol–water partition coefficient (Wildman–Crippen LogP) is 2.27. The summed E-state index contributed by atoms with van der Waals surface area (Å²) in [5, 5.41) is 11.4. The minimum atomic E-state index is -1.17. The van der Waals surface area contributed by atoms with Crippen molar-refractivity contribution in [3.05, 3.63) is 17.3 Å². The Labute approximate surface area is 111 Å². The molecular weight excluding hydrogens is 252 g/mol. The van der Waals surface area contributed by atoms with E-state index in [1.165, 1.54) is 6.92 Å². The van der Waals surface area contributed by atoms with Crippen LogP contribution in [0.3, 0.4) is 0 Å². The number of aryl methyl sites for hydroxylation is 1. The highest BCUT2D eigenvalue weighted by molar-refractivity contribution is 5.86. The standard InChI is InChI=1S/C12H18N2O5/c1-6(13-11(17)19-12(3,4)5)9-14-8(10(15)16)7(2)18-9/h6H,1-5H3,(H,13,17)(H,15,16)/t6-/m1/s1. The summed E-state index contributed by atoms with van der Waals surface area (Å²) >= 11 is 0. The zero-order valence-electron chi connectivity index (χ0n) is 11.6. The van der Waals surface area contributed by atoms with E-state index < -0.39 is 23.7 Å². The van der Waals surface area contributed by atoms with Crippen molar-refractivity contribution in [3.63, 3.8) is 0 Å². The second kappa shape index (κ2) is 5.29. The summed E-state index contributed by atoms with van der Waals surface area (Å²) in [6.45, 7) is 8.36. The molecule has 2 N–H and O–H groups in total. The number of aromatic nitrogens is 1. The van der Waals surface area contributed by atoms with Gasteiger partial charge in [0, 0.05) is 0 Å². The topological polar surface area (TPSA) is 102 Å². The Kier molecular flexibility index (Phi) is 4.18. The maximum Gasteiger partial charge on any atom is 0.408 e. The van der Waals surface area contributed by atoms with Gasteiger partial charge in [-0.25, -0.2) is 14.6 Å². The number of hydrogen-bond donors (Lipinski definition) is 2. The van der Waals surface area contributed by atoms with E-state index in [1.807, 2.05) is 0 Å². The molecule has 7 heteroatoms. The number of carboxylic acid groups (broad SMARTS) is 1. The first-order valence-corrected chi connectivity index (χ1v) is 5.80. The summed E-state index contributed by atoms with van der Waals surface area (Å²) < 4.78 is 10.3. The molecule has 0 aromatic carbocycles. The average Bonchev–Trinajstić information content (AvgIpc) is 2.57. The van der Waals surface area contributed by atoms with Gasteiger partial charge in [0.05, 0.1) is 0 Å². The van der Waals surface area contributed by atoms with Gasteiger partial charge in [-0.1, -0.05) is 0 Å². The minimum absolute atomic E-state index is 0.126. The first-order valence-electron chi connectivity index (χ1n) is 5.80.